The van der Waals surface area contributed by atoms with Crippen molar-refractivity contribution in [2.75, 3.05) is 13.1 Å². The molecule has 0 amide bonds. The largest absolute Gasteiger partial charge is 0.387 e. The van der Waals surface area contributed by atoms with E-state index in [1.165, 1.54) is 0 Å². The number of hydrogen-bond acceptors (Lipinski definition) is 3. The lowest BCUT2D eigenvalue weighted by molar-refractivity contribution is 0.174. The Bertz CT molecular complexity index is 381. The summed E-state index contributed by atoms with van der Waals surface area (Å²) < 4.78 is 0. The van der Waals surface area contributed by atoms with Crippen molar-refractivity contribution in [2.45, 2.75) is 32.8 Å². The predicted molar refractivity (Wildman–Crippen MR) is 72.9 cm³/mol. The van der Waals surface area contributed by atoms with Gasteiger partial charge in [0.05, 0.1) is 17.6 Å². The number of hydrogen-bond donors (Lipinski definition) is 2. The van der Waals surface area contributed by atoms with Gasteiger partial charge < -0.3 is 10.4 Å². The van der Waals surface area contributed by atoms with Gasteiger partial charge in [-0.3, -0.25) is 0 Å². The second-order valence-electron chi connectivity index (χ2n) is 5.23. The van der Waals surface area contributed by atoms with Crippen LogP contribution in [-0.2, 0) is 0 Å². The molecule has 3 heteroatoms. The maximum absolute atomic E-state index is 9.91. The van der Waals surface area contributed by atoms with Gasteiger partial charge in [-0.2, -0.15) is 5.26 Å². The normalized spacial score (nSPS) is 13.0. The highest BCUT2D eigenvalue weighted by atomic mass is 16.3. The maximum atomic E-state index is 9.91. The summed E-state index contributed by atoms with van der Waals surface area (Å²) in [7, 11) is 0. The number of nitrogens with zero attached hydrogens (tertiary/aromatic N) is 1. The van der Waals surface area contributed by atoms with Crippen molar-refractivity contribution >= 4 is 0 Å². The SMILES string of the molecule is CC(C)(C#N)CCCNCC(O)c1ccccc1. The number of nitrogens with one attached hydrogen (secondary N) is 1. The smallest absolute Gasteiger partial charge is 0.0914 e. The van der Waals surface area contributed by atoms with Gasteiger partial charge in [0.2, 0.25) is 0 Å². The zero-order valence-electron chi connectivity index (χ0n) is 11.2. The quantitative estimate of drug-likeness (QED) is 0.727. The summed E-state index contributed by atoms with van der Waals surface area (Å²) in [4.78, 5) is 0. The van der Waals surface area contributed by atoms with Crippen molar-refractivity contribution in [3.05, 3.63) is 35.9 Å². The number of nitriles is 1. The maximum Gasteiger partial charge on any atom is 0.0914 e. The van der Waals surface area contributed by atoms with E-state index in [1.807, 2.05) is 44.2 Å². The third-order valence-electron chi connectivity index (χ3n) is 2.98. The molecule has 1 aromatic rings. The zero-order chi connectivity index (χ0) is 13.4. The Morgan fingerprint density at radius 3 is 2.61 bits per heavy atom. The van der Waals surface area contributed by atoms with Crippen LogP contribution in [0.15, 0.2) is 30.3 Å². The highest BCUT2D eigenvalue weighted by Crippen LogP contribution is 2.20. The van der Waals surface area contributed by atoms with Crippen LogP contribution in [0.25, 0.3) is 0 Å². The molecule has 0 heterocycles. The molecular formula is C15H22N2O. The van der Waals surface area contributed by atoms with Crippen LogP contribution in [0.1, 0.15) is 38.4 Å². The van der Waals surface area contributed by atoms with Gasteiger partial charge in [-0.15, -0.1) is 0 Å². The zero-order valence-corrected chi connectivity index (χ0v) is 11.2. The Morgan fingerprint density at radius 1 is 1.33 bits per heavy atom. The molecule has 0 aliphatic rings. The Balaban J connectivity index is 2.18. The summed E-state index contributed by atoms with van der Waals surface area (Å²) in [6.45, 7) is 5.28. The van der Waals surface area contributed by atoms with E-state index in [0.29, 0.717) is 6.54 Å². The van der Waals surface area contributed by atoms with Crippen LogP contribution in [-0.4, -0.2) is 18.2 Å². The second kappa shape index (κ2) is 7.15. The number of rotatable bonds is 7. The molecule has 0 spiro atoms. The minimum Gasteiger partial charge on any atom is -0.387 e. The fourth-order valence-electron chi connectivity index (χ4n) is 1.74. The van der Waals surface area contributed by atoms with Crippen LogP contribution < -0.4 is 5.32 Å². The number of aliphatic hydroxyl groups is 1. The lowest BCUT2D eigenvalue weighted by Crippen LogP contribution is -2.23. The lowest BCUT2D eigenvalue weighted by Gasteiger charge is -2.16. The molecular weight excluding hydrogens is 224 g/mol. The molecule has 0 aliphatic heterocycles. The van der Waals surface area contributed by atoms with Crippen molar-refractivity contribution in [3.63, 3.8) is 0 Å². The third kappa shape index (κ3) is 5.31. The van der Waals surface area contributed by atoms with E-state index in [-0.39, 0.29) is 5.41 Å². The van der Waals surface area contributed by atoms with Crippen LogP contribution in [0.4, 0.5) is 0 Å². The van der Waals surface area contributed by atoms with Crippen LogP contribution in [0.3, 0.4) is 0 Å². The molecule has 0 aliphatic carbocycles. The number of aliphatic hydroxyl groups excluding tert-OH is 1. The van der Waals surface area contributed by atoms with E-state index >= 15 is 0 Å². The molecule has 0 saturated heterocycles. The van der Waals surface area contributed by atoms with Crippen molar-refractivity contribution in [2.24, 2.45) is 5.41 Å². The molecule has 98 valence electrons. The molecule has 1 atom stereocenters. The average molecular weight is 246 g/mol. The van der Waals surface area contributed by atoms with Crippen LogP contribution >= 0.6 is 0 Å². The van der Waals surface area contributed by atoms with Crippen LogP contribution in [0.5, 0.6) is 0 Å². The highest BCUT2D eigenvalue weighted by molar-refractivity contribution is 5.17. The molecule has 1 unspecified atom stereocenters. The summed E-state index contributed by atoms with van der Waals surface area (Å²) in [5, 5.41) is 22.0. The Hall–Kier alpha value is -1.37. The van der Waals surface area contributed by atoms with E-state index in [1.54, 1.807) is 0 Å². The molecule has 18 heavy (non-hydrogen) atoms. The average Bonchev–Trinajstić information content (AvgIpc) is 2.39. The van der Waals surface area contributed by atoms with E-state index in [9.17, 15) is 5.11 Å². The first-order valence-corrected chi connectivity index (χ1v) is 6.40. The fourth-order valence-corrected chi connectivity index (χ4v) is 1.74. The van der Waals surface area contributed by atoms with Gasteiger partial charge in [0.15, 0.2) is 0 Å². The lowest BCUT2D eigenvalue weighted by atomic mass is 9.90. The summed E-state index contributed by atoms with van der Waals surface area (Å²) in [6.07, 6.45) is 1.36. The first kappa shape index (κ1) is 14.7. The first-order chi connectivity index (χ1) is 8.55. The van der Waals surface area contributed by atoms with E-state index < -0.39 is 6.10 Å². The van der Waals surface area contributed by atoms with Crippen molar-refractivity contribution < 1.29 is 5.11 Å². The van der Waals surface area contributed by atoms with E-state index in [4.69, 9.17) is 5.26 Å². The molecule has 1 aromatic carbocycles. The van der Waals surface area contributed by atoms with Gasteiger partial charge in [-0.1, -0.05) is 30.3 Å². The molecule has 0 fully saturated rings. The standard InChI is InChI=1S/C15H22N2O/c1-15(2,12-16)9-6-10-17-11-14(18)13-7-4-3-5-8-13/h3-5,7-8,14,17-18H,6,9-11H2,1-2H3. The molecule has 0 radical (unpaired) electrons. The minimum atomic E-state index is -0.463. The van der Waals surface area contributed by atoms with Gasteiger partial charge in [0.25, 0.3) is 0 Å². The molecule has 0 bridgehead atoms. The highest BCUT2D eigenvalue weighted by Gasteiger charge is 2.15. The van der Waals surface area contributed by atoms with E-state index in [0.717, 1.165) is 24.9 Å². The first-order valence-electron chi connectivity index (χ1n) is 6.40. The van der Waals surface area contributed by atoms with Crippen molar-refractivity contribution in [1.82, 2.24) is 5.32 Å². The summed E-state index contributed by atoms with van der Waals surface area (Å²) in [5.74, 6) is 0. The van der Waals surface area contributed by atoms with Gasteiger partial charge in [-0.05, 0) is 38.8 Å². The predicted octanol–water partition coefficient (Wildman–Crippen LogP) is 2.64. The fraction of sp³-hybridized carbons (Fsp3) is 0.533. The van der Waals surface area contributed by atoms with Gasteiger partial charge in [0, 0.05) is 6.54 Å². The van der Waals surface area contributed by atoms with Gasteiger partial charge >= 0.3 is 0 Å². The summed E-state index contributed by atoms with van der Waals surface area (Å²) in [5.41, 5.74) is 0.682. The molecule has 1 rings (SSSR count). The third-order valence-corrected chi connectivity index (χ3v) is 2.98. The Morgan fingerprint density at radius 2 is 2.00 bits per heavy atom. The minimum absolute atomic E-state index is 0.250. The van der Waals surface area contributed by atoms with Crippen molar-refractivity contribution in [1.29, 1.82) is 5.26 Å². The molecule has 0 saturated carbocycles. The summed E-state index contributed by atoms with van der Waals surface area (Å²) in [6, 6.07) is 11.9. The van der Waals surface area contributed by atoms with Gasteiger partial charge in [0.1, 0.15) is 0 Å². The van der Waals surface area contributed by atoms with Crippen LogP contribution in [0.2, 0.25) is 0 Å². The Kier molecular flexibility index (Phi) is 5.84. The summed E-state index contributed by atoms with van der Waals surface area (Å²) >= 11 is 0. The molecule has 2 N–H and O–H groups in total. The monoisotopic (exact) mass is 246 g/mol. The Labute approximate surface area is 109 Å². The topological polar surface area (TPSA) is 56.0 Å². The van der Waals surface area contributed by atoms with Crippen LogP contribution in [0, 0.1) is 16.7 Å². The van der Waals surface area contributed by atoms with Gasteiger partial charge in [-0.25, -0.2) is 0 Å². The molecule has 3 nitrogen and oxygen atoms in total. The second-order valence-corrected chi connectivity index (χ2v) is 5.23. The number of benzene rings is 1. The van der Waals surface area contributed by atoms with Crippen molar-refractivity contribution in [3.8, 4) is 6.07 Å². The van der Waals surface area contributed by atoms with E-state index in [2.05, 4.69) is 11.4 Å². The molecule has 0 aromatic heterocycles.